The molecule has 1 atom stereocenters. The van der Waals surface area contributed by atoms with Crippen molar-refractivity contribution in [1.82, 2.24) is 14.5 Å². The molecule has 25 heavy (non-hydrogen) atoms. The van der Waals surface area contributed by atoms with Crippen LogP contribution in [0.3, 0.4) is 0 Å². The second-order valence-electron chi connectivity index (χ2n) is 5.40. The molecular formula is C14H21N3O7S. The summed E-state index contributed by atoms with van der Waals surface area (Å²) in [6, 6.07) is 1.10. The van der Waals surface area contributed by atoms with E-state index in [1.165, 1.54) is 34.0 Å². The highest BCUT2D eigenvalue weighted by molar-refractivity contribution is 7.88. The number of carbonyl (C=O) groups is 3. The third-order valence-electron chi connectivity index (χ3n) is 3.34. The number of rotatable bonds is 8. The molecule has 1 rings (SSSR count). The highest BCUT2D eigenvalue weighted by Gasteiger charge is 2.30. The van der Waals surface area contributed by atoms with Gasteiger partial charge >= 0.3 is 5.97 Å². The van der Waals surface area contributed by atoms with E-state index in [1.807, 2.05) is 0 Å². The summed E-state index contributed by atoms with van der Waals surface area (Å²) in [5.74, 6) is -2.67. The summed E-state index contributed by atoms with van der Waals surface area (Å²) < 4.78 is 30.0. The minimum absolute atomic E-state index is 0.0439. The number of nitrogens with zero attached hydrogens (tertiary/aromatic N) is 2. The number of furan rings is 1. The first-order valence-electron chi connectivity index (χ1n) is 7.29. The normalized spacial score (nSPS) is 12.7. The van der Waals surface area contributed by atoms with Crippen LogP contribution in [0.25, 0.3) is 0 Å². The number of sulfonamides is 1. The van der Waals surface area contributed by atoms with Crippen LogP contribution in [0.4, 0.5) is 0 Å². The van der Waals surface area contributed by atoms with Gasteiger partial charge in [-0.15, -0.1) is 0 Å². The summed E-state index contributed by atoms with van der Waals surface area (Å²) in [4.78, 5) is 35.6. The Morgan fingerprint density at radius 1 is 1.28 bits per heavy atom. The largest absolute Gasteiger partial charge is 0.480 e. The molecule has 0 bridgehead atoms. The van der Waals surface area contributed by atoms with E-state index in [0.717, 1.165) is 15.3 Å². The van der Waals surface area contributed by atoms with Gasteiger partial charge in [-0.2, -0.15) is 0 Å². The molecule has 11 heteroatoms. The maximum absolute atomic E-state index is 12.5. The summed E-state index contributed by atoms with van der Waals surface area (Å²) in [6.07, 6.45) is 0. The smallest absolute Gasteiger partial charge is 0.326 e. The molecule has 0 radical (unpaired) electrons. The van der Waals surface area contributed by atoms with E-state index in [4.69, 9.17) is 9.52 Å². The first-order chi connectivity index (χ1) is 11.5. The van der Waals surface area contributed by atoms with Gasteiger partial charge in [0.2, 0.25) is 11.0 Å². The topological polar surface area (TPSA) is 137 Å². The number of carboxylic acid groups (broad SMARTS) is 1. The zero-order valence-corrected chi connectivity index (χ0v) is 15.2. The van der Waals surface area contributed by atoms with E-state index in [9.17, 15) is 22.8 Å². The molecule has 1 aromatic heterocycles. The van der Waals surface area contributed by atoms with Gasteiger partial charge in [-0.3, -0.25) is 9.59 Å². The lowest BCUT2D eigenvalue weighted by atomic mass is 10.2. The number of aliphatic carboxylic acids is 1. The minimum Gasteiger partial charge on any atom is -0.480 e. The van der Waals surface area contributed by atoms with Gasteiger partial charge in [0.25, 0.3) is 15.9 Å². The highest BCUT2D eigenvalue weighted by Crippen LogP contribution is 2.19. The zero-order valence-electron chi connectivity index (χ0n) is 14.3. The van der Waals surface area contributed by atoms with Gasteiger partial charge in [0.1, 0.15) is 6.04 Å². The van der Waals surface area contributed by atoms with Crippen molar-refractivity contribution in [3.8, 4) is 0 Å². The van der Waals surface area contributed by atoms with Crippen molar-refractivity contribution in [1.29, 1.82) is 0 Å². The molecule has 1 unspecified atom stereocenters. The molecule has 0 aromatic carbocycles. The second-order valence-corrected chi connectivity index (χ2v) is 7.48. The maximum Gasteiger partial charge on any atom is 0.326 e. The van der Waals surface area contributed by atoms with Gasteiger partial charge in [0.05, 0.1) is 0 Å². The van der Waals surface area contributed by atoms with Crippen LogP contribution in [0.15, 0.2) is 21.6 Å². The number of hydrogen-bond donors (Lipinski definition) is 2. The third-order valence-corrected chi connectivity index (χ3v) is 5.03. The molecule has 10 nitrogen and oxygen atoms in total. The molecule has 0 spiro atoms. The Hall–Kier alpha value is -2.40. The summed E-state index contributed by atoms with van der Waals surface area (Å²) in [7, 11) is -1.24. The van der Waals surface area contributed by atoms with E-state index < -0.39 is 33.0 Å². The van der Waals surface area contributed by atoms with Crippen LogP contribution in [0.2, 0.25) is 0 Å². The predicted molar refractivity (Wildman–Crippen MR) is 86.4 cm³/mol. The Balaban J connectivity index is 3.07. The van der Waals surface area contributed by atoms with E-state index in [0.29, 0.717) is 0 Å². The van der Waals surface area contributed by atoms with E-state index in [2.05, 4.69) is 5.32 Å². The quantitative estimate of drug-likeness (QED) is 0.629. The summed E-state index contributed by atoms with van der Waals surface area (Å²) in [5.41, 5.74) is 0. The van der Waals surface area contributed by atoms with E-state index in [1.54, 1.807) is 0 Å². The lowest BCUT2D eigenvalue weighted by Crippen LogP contribution is -2.46. The van der Waals surface area contributed by atoms with Gasteiger partial charge in [-0.05, 0) is 19.1 Å². The first-order valence-corrected chi connectivity index (χ1v) is 8.73. The standard InChI is InChI=1S/C14H21N3O7S/c1-9(14(20)21)17(8-7-15-10(2)18)13(19)11-5-6-12(24-11)25(22,23)16(3)4/h5-6,9H,7-8H2,1-4H3,(H,15,18)(H,20,21). The molecule has 1 heterocycles. The fourth-order valence-electron chi connectivity index (χ4n) is 1.85. The van der Waals surface area contributed by atoms with Gasteiger partial charge in [-0.1, -0.05) is 0 Å². The molecule has 140 valence electrons. The van der Waals surface area contributed by atoms with Crippen LogP contribution in [0.5, 0.6) is 0 Å². The molecule has 0 saturated heterocycles. The second kappa shape index (κ2) is 8.12. The SMILES string of the molecule is CC(=O)NCCN(C(=O)c1ccc(S(=O)(=O)N(C)C)o1)C(C)C(=O)O. The number of carbonyl (C=O) groups excluding carboxylic acids is 2. The van der Waals surface area contributed by atoms with Crippen molar-refractivity contribution < 1.29 is 32.3 Å². The number of carboxylic acids is 1. The Labute approximate surface area is 145 Å². The predicted octanol–water partition coefficient (Wildman–Crippen LogP) is -0.419. The van der Waals surface area contributed by atoms with Gasteiger partial charge in [0, 0.05) is 34.1 Å². The van der Waals surface area contributed by atoms with Crippen molar-refractivity contribution in [2.45, 2.75) is 25.0 Å². The van der Waals surface area contributed by atoms with Crippen LogP contribution >= 0.6 is 0 Å². The number of nitrogens with one attached hydrogen (secondary N) is 1. The number of amides is 2. The van der Waals surface area contributed by atoms with Crippen molar-refractivity contribution in [3.05, 3.63) is 17.9 Å². The van der Waals surface area contributed by atoms with Crippen LogP contribution in [0, 0.1) is 0 Å². The Morgan fingerprint density at radius 3 is 2.36 bits per heavy atom. The molecule has 0 aliphatic heterocycles. The fraction of sp³-hybridized carbons (Fsp3) is 0.500. The lowest BCUT2D eigenvalue weighted by molar-refractivity contribution is -0.141. The van der Waals surface area contributed by atoms with Crippen molar-refractivity contribution in [2.24, 2.45) is 0 Å². The van der Waals surface area contributed by atoms with Crippen molar-refractivity contribution in [3.63, 3.8) is 0 Å². The zero-order chi connectivity index (χ0) is 19.4. The Kier molecular flexibility index (Phi) is 6.70. The summed E-state index contributed by atoms with van der Waals surface area (Å²) in [5, 5.41) is 11.2. The van der Waals surface area contributed by atoms with Crippen molar-refractivity contribution in [2.75, 3.05) is 27.2 Å². The monoisotopic (exact) mass is 375 g/mol. The fourth-order valence-corrected chi connectivity index (χ4v) is 2.65. The molecule has 0 saturated carbocycles. The van der Waals surface area contributed by atoms with Crippen LogP contribution in [-0.4, -0.2) is 73.7 Å². The molecule has 2 amide bonds. The molecule has 1 aromatic rings. The average molecular weight is 375 g/mol. The van der Waals surface area contributed by atoms with Gasteiger partial charge in [-0.25, -0.2) is 17.5 Å². The van der Waals surface area contributed by atoms with Gasteiger partial charge < -0.3 is 19.7 Å². The first kappa shape index (κ1) is 20.6. The van der Waals surface area contributed by atoms with Crippen LogP contribution in [-0.2, 0) is 19.6 Å². The highest BCUT2D eigenvalue weighted by atomic mass is 32.2. The Bertz CT molecular complexity index is 754. The Morgan fingerprint density at radius 2 is 1.88 bits per heavy atom. The van der Waals surface area contributed by atoms with E-state index >= 15 is 0 Å². The van der Waals surface area contributed by atoms with E-state index in [-0.39, 0.29) is 24.8 Å². The molecule has 0 fully saturated rings. The molecule has 0 aliphatic carbocycles. The minimum atomic E-state index is -3.86. The van der Waals surface area contributed by atoms with Crippen LogP contribution in [0.1, 0.15) is 24.4 Å². The molecule has 2 N–H and O–H groups in total. The van der Waals surface area contributed by atoms with Crippen molar-refractivity contribution >= 4 is 27.8 Å². The third kappa shape index (κ3) is 5.03. The lowest BCUT2D eigenvalue weighted by Gasteiger charge is -2.25. The van der Waals surface area contributed by atoms with Crippen LogP contribution < -0.4 is 5.32 Å². The summed E-state index contributed by atoms with van der Waals surface area (Å²) >= 11 is 0. The molecular weight excluding hydrogens is 354 g/mol. The van der Waals surface area contributed by atoms with Gasteiger partial charge in [0.15, 0.2) is 5.76 Å². The summed E-state index contributed by atoms with van der Waals surface area (Å²) in [6.45, 7) is 2.55. The number of hydrogen-bond acceptors (Lipinski definition) is 6. The maximum atomic E-state index is 12.5. The average Bonchev–Trinajstić information content (AvgIpc) is 3.00. The molecule has 0 aliphatic rings.